The van der Waals surface area contributed by atoms with Crippen molar-refractivity contribution >= 4 is 33.2 Å². The van der Waals surface area contributed by atoms with Crippen LogP contribution in [0.4, 0.5) is 11.4 Å². The van der Waals surface area contributed by atoms with E-state index in [1.54, 1.807) is 45.0 Å². The Labute approximate surface area is 178 Å². The molecule has 0 saturated heterocycles. The molecule has 0 atom stereocenters. The van der Waals surface area contributed by atoms with Crippen molar-refractivity contribution in [1.82, 2.24) is 4.72 Å². The number of sulfonamides is 1. The summed E-state index contributed by atoms with van der Waals surface area (Å²) in [7, 11) is -3.63. The van der Waals surface area contributed by atoms with Crippen molar-refractivity contribution in [3.8, 4) is 0 Å². The third kappa shape index (κ3) is 7.27. The van der Waals surface area contributed by atoms with Gasteiger partial charge in [0.2, 0.25) is 15.9 Å². The SMILES string of the molecule is CCCCC(=O)Nc1ccc(C(=O)Nc2ccc(S(=O)(=O)NC(C)(C)C)cc2)cc1. The zero-order valence-corrected chi connectivity index (χ0v) is 18.6. The van der Waals surface area contributed by atoms with Gasteiger partial charge in [0.25, 0.3) is 5.91 Å². The molecule has 0 aliphatic rings. The summed E-state index contributed by atoms with van der Waals surface area (Å²) in [5.74, 6) is -0.382. The van der Waals surface area contributed by atoms with Crippen LogP contribution in [0.25, 0.3) is 0 Å². The Bertz CT molecular complexity index is 977. The summed E-state index contributed by atoms with van der Waals surface area (Å²) >= 11 is 0. The molecule has 0 bridgehead atoms. The molecule has 0 fully saturated rings. The Morgan fingerprint density at radius 3 is 1.93 bits per heavy atom. The van der Waals surface area contributed by atoms with Crippen LogP contribution in [0.3, 0.4) is 0 Å². The first kappa shape index (κ1) is 23.6. The van der Waals surface area contributed by atoms with Gasteiger partial charge in [0.1, 0.15) is 0 Å². The summed E-state index contributed by atoms with van der Waals surface area (Å²) in [6.45, 7) is 7.32. The highest BCUT2D eigenvalue weighted by Crippen LogP contribution is 2.18. The van der Waals surface area contributed by atoms with E-state index >= 15 is 0 Å². The Kier molecular flexibility index (Phi) is 7.75. The van der Waals surface area contributed by atoms with Gasteiger partial charge in [0.15, 0.2) is 0 Å². The minimum absolute atomic E-state index is 0.0509. The topological polar surface area (TPSA) is 104 Å². The molecule has 2 aromatic carbocycles. The lowest BCUT2D eigenvalue weighted by atomic mass is 10.1. The molecule has 2 amide bonds. The van der Waals surface area contributed by atoms with Gasteiger partial charge in [-0.3, -0.25) is 9.59 Å². The van der Waals surface area contributed by atoms with Crippen LogP contribution in [0.1, 0.15) is 57.3 Å². The zero-order valence-electron chi connectivity index (χ0n) is 17.8. The number of rotatable bonds is 8. The van der Waals surface area contributed by atoms with Gasteiger partial charge < -0.3 is 10.6 Å². The lowest BCUT2D eigenvalue weighted by Gasteiger charge is -2.20. The van der Waals surface area contributed by atoms with Crippen LogP contribution in [-0.2, 0) is 14.8 Å². The molecule has 7 nitrogen and oxygen atoms in total. The molecule has 0 aliphatic carbocycles. The number of carbonyl (C=O) groups excluding carboxylic acids is 2. The molecule has 0 heterocycles. The standard InChI is InChI=1S/C22H29N3O4S/c1-5-6-7-20(26)23-17-10-8-16(9-11-17)21(27)24-18-12-14-19(15-13-18)30(28,29)25-22(2,3)4/h8-15,25H,5-7H2,1-4H3,(H,23,26)(H,24,27). The van der Waals surface area contributed by atoms with Gasteiger partial charge in [-0.25, -0.2) is 13.1 Å². The molecular weight excluding hydrogens is 402 g/mol. The van der Waals surface area contributed by atoms with E-state index < -0.39 is 15.6 Å². The summed E-state index contributed by atoms with van der Waals surface area (Å²) in [5, 5.41) is 5.53. The van der Waals surface area contributed by atoms with Gasteiger partial charge in [-0.2, -0.15) is 0 Å². The molecule has 30 heavy (non-hydrogen) atoms. The number of unbranched alkanes of at least 4 members (excludes halogenated alkanes) is 1. The Morgan fingerprint density at radius 2 is 1.40 bits per heavy atom. The average Bonchev–Trinajstić information content (AvgIpc) is 2.65. The van der Waals surface area contributed by atoms with Gasteiger partial charge in [-0.05, 0) is 75.7 Å². The molecule has 0 saturated carbocycles. The van der Waals surface area contributed by atoms with E-state index in [0.717, 1.165) is 12.8 Å². The van der Waals surface area contributed by atoms with E-state index in [2.05, 4.69) is 15.4 Å². The quantitative estimate of drug-likeness (QED) is 0.584. The Morgan fingerprint density at radius 1 is 0.867 bits per heavy atom. The maximum absolute atomic E-state index is 12.4. The number of hydrogen-bond donors (Lipinski definition) is 3. The highest BCUT2D eigenvalue weighted by Gasteiger charge is 2.21. The lowest BCUT2D eigenvalue weighted by molar-refractivity contribution is -0.116. The zero-order chi connectivity index (χ0) is 22.4. The molecule has 162 valence electrons. The number of hydrogen-bond acceptors (Lipinski definition) is 4. The van der Waals surface area contributed by atoms with Crippen LogP contribution in [0.15, 0.2) is 53.4 Å². The van der Waals surface area contributed by atoms with E-state index in [1.165, 1.54) is 24.3 Å². The molecule has 2 aromatic rings. The van der Waals surface area contributed by atoms with Gasteiger partial charge in [-0.15, -0.1) is 0 Å². The lowest BCUT2D eigenvalue weighted by Crippen LogP contribution is -2.40. The third-order valence-electron chi connectivity index (χ3n) is 4.05. The number of anilines is 2. The highest BCUT2D eigenvalue weighted by atomic mass is 32.2. The van der Waals surface area contributed by atoms with Crippen molar-refractivity contribution in [2.45, 2.75) is 57.4 Å². The van der Waals surface area contributed by atoms with Crippen LogP contribution in [0.5, 0.6) is 0 Å². The van der Waals surface area contributed by atoms with Crippen LogP contribution < -0.4 is 15.4 Å². The third-order valence-corrected chi connectivity index (χ3v) is 5.83. The molecule has 0 spiro atoms. The summed E-state index contributed by atoms with van der Waals surface area (Å²) < 4.78 is 27.3. The van der Waals surface area contributed by atoms with Crippen LogP contribution in [0.2, 0.25) is 0 Å². The second kappa shape index (κ2) is 9.86. The molecule has 0 aliphatic heterocycles. The summed E-state index contributed by atoms with van der Waals surface area (Å²) in [6.07, 6.45) is 2.25. The number of amides is 2. The Hall–Kier alpha value is -2.71. The first-order valence-corrected chi connectivity index (χ1v) is 11.3. The van der Waals surface area contributed by atoms with Crippen LogP contribution >= 0.6 is 0 Å². The second-order valence-corrected chi connectivity index (χ2v) is 9.75. The molecular formula is C22H29N3O4S. The maximum Gasteiger partial charge on any atom is 0.255 e. The summed E-state index contributed by atoms with van der Waals surface area (Å²) in [5.41, 5.74) is 0.945. The highest BCUT2D eigenvalue weighted by molar-refractivity contribution is 7.89. The fourth-order valence-electron chi connectivity index (χ4n) is 2.65. The molecule has 0 unspecified atom stereocenters. The van der Waals surface area contributed by atoms with Crippen molar-refractivity contribution in [2.24, 2.45) is 0 Å². The van der Waals surface area contributed by atoms with E-state index in [-0.39, 0.29) is 16.7 Å². The maximum atomic E-state index is 12.4. The van der Waals surface area contributed by atoms with Crippen molar-refractivity contribution in [2.75, 3.05) is 10.6 Å². The summed E-state index contributed by atoms with van der Waals surface area (Å²) in [6, 6.07) is 12.6. The van der Waals surface area contributed by atoms with E-state index in [9.17, 15) is 18.0 Å². The van der Waals surface area contributed by atoms with E-state index in [4.69, 9.17) is 0 Å². The molecule has 3 N–H and O–H groups in total. The van der Waals surface area contributed by atoms with E-state index in [1.807, 2.05) is 6.92 Å². The normalized spacial score (nSPS) is 11.7. The largest absolute Gasteiger partial charge is 0.326 e. The van der Waals surface area contributed by atoms with Gasteiger partial charge in [0.05, 0.1) is 4.90 Å². The molecule has 0 radical (unpaired) electrons. The average molecular weight is 432 g/mol. The van der Waals surface area contributed by atoms with Crippen LogP contribution in [-0.4, -0.2) is 25.8 Å². The smallest absolute Gasteiger partial charge is 0.255 e. The minimum atomic E-state index is -3.63. The van der Waals surface area contributed by atoms with Crippen molar-refractivity contribution in [1.29, 1.82) is 0 Å². The Balaban J connectivity index is 2.00. The second-order valence-electron chi connectivity index (χ2n) is 8.06. The monoisotopic (exact) mass is 431 g/mol. The number of benzene rings is 2. The fraction of sp³-hybridized carbons (Fsp3) is 0.364. The van der Waals surface area contributed by atoms with Crippen LogP contribution in [0, 0.1) is 0 Å². The molecule has 0 aromatic heterocycles. The summed E-state index contributed by atoms with van der Waals surface area (Å²) in [4.78, 5) is 24.3. The van der Waals surface area contributed by atoms with E-state index in [0.29, 0.717) is 23.4 Å². The van der Waals surface area contributed by atoms with Gasteiger partial charge in [-0.1, -0.05) is 13.3 Å². The molecule has 2 rings (SSSR count). The fourth-order valence-corrected chi connectivity index (χ4v) is 4.07. The predicted octanol–water partition coefficient (Wildman–Crippen LogP) is 4.14. The van der Waals surface area contributed by atoms with Crippen molar-refractivity contribution in [3.05, 3.63) is 54.1 Å². The first-order chi connectivity index (χ1) is 14.0. The number of nitrogens with one attached hydrogen (secondary N) is 3. The predicted molar refractivity (Wildman–Crippen MR) is 119 cm³/mol. The van der Waals surface area contributed by atoms with Crippen molar-refractivity contribution < 1.29 is 18.0 Å². The minimum Gasteiger partial charge on any atom is -0.326 e. The molecule has 8 heteroatoms. The van der Waals surface area contributed by atoms with Gasteiger partial charge in [0, 0.05) is 28.9 Å². The van der Waals surface area contributed by atoms with Crippen molar-refractivity contribution in [3.63, 3.8) is 0 Å². The van der Waals surface area contributed by atoms with Gasteiger partial charge >= 0.3 is 0 Å². The first-order valence-electron chi connectivity index (χ1n) is 9.85. The number of carbonyl (C=O) groups is 2.